The van der Waals surface area contributed by atoms with E-state index in [0.29, 0.717) is 23.8 Å². The second-order valence-corrected chi connectivity index (χ2v) is 10.7. The van der Waals surface area contributed by atoms with E-state index in [1.54, 1.807) is 0 Å². The molecule has 2 aromatic carbocycles. The average molecular weight is 390 g/mol. The van der Waals surface area contributed by atoms with Crippen molar-refractivity contribution in [2.45, 2.75) is 76.0 Å². The van der Waals surface area contributed by atoms with Crippen molar-refractivity contribution >= 4 is 0 Å². The predicted octanol–water partition coefficient (Wildman–Crippen LogP) is 5.67. The van der Waals surface area contributed by atoms with Crippen molar-refractivity contribution in [2.75, 3.05) is 6.54 Å². The van der Waals surface area contributed by atoms with Crippen LogP contribution < -0.4 is 0 Å². The van der Waals surface area contributed by atoms with E-state index in [1.807, 2.05) is 0 Å². The zero-order chi connectivity index (χ0) is 20.4. The summed E-state index contributed by atoms with van der Waals surface area (Å²) >= 11 is 0. The lowest BCUT2D eigenvalue weighted by Gasteiger charge is -2.51. The van der Waals surface area contributed by atoms with Crippen molar-refractivity contribution in [3.63, 3.8) is 0 Å². The summed E-state index contributed by atoms with van der Waals surface area (Å²) in [6.45, 7) is 10.6. The number of benzene rings is 2. The zero-order valence-electron chi connectivity index (χ0n) is 18.3. The lowest BCUT2D eigenvalue weighted by Crippen LogP contribution is -2.55. The number of rotatable bonds is 3. The van der Waals surface area contributed by atoms with Gasteiger partial charge in [-0.2, -0.15) is 0 Å². The van der Waals surface area contributed by atoms with Crippen LogP contribution in [0.5, 0.6) is 0 Å². The molecule has 0 radical (unpaired) electrons. The van der Waals surface area contributed by atoms with Gasteiger partial charge in [0.2, 0.25) is 0 Å². The van der Waals surface area contributed by atoms with E-state index in [-0.39, 0.29) is 17.1 Å². The third-order valence-electron chi connectivity index (χ3n) is 8.62. The van der Waals surface area contributed by atoms with Gasteiger partial charge in [0.25, 0.3) is 0 Å². The van der Waals surface area contributed by atoms with Crippen molar-refractivity contribution in [1.82, 2.24) is 4.90 Å². The number of fused-ring (bicyclic) bond motifs is 5. The summed E-state index contributed by atoms with van der Waals surface area (Å²) in [6, 6.07) is 20.6. The molecule has 0 amide bonds. The molecule has 1 heterocycles. The molecule has 2 fully saturated rings. The van der Waals surface area contributed by atoms with E-state index in [0.717, 1.165) is 19.4 Å². The molecule has 1 aliphatic heterocycles. The maximum Gasteiger partial charge on any atom is 0.0588 e. The fourth-order valence-electron chi connectivity index (χ4n) is 7.11. The van der Waals surface area contributed by atoms with Crippen molar-refractivity contribution in [3.05, 3.63) is 71.3 Å². The van der Waals surface area contributed by atoms with Crippen molar-refractivity contribution in [3.8, 4) is 0 Å². The number of hydrogen-bond acceptors (Lipinski definition) is 2. The van der Waals surface area contributed by atoms with Gasteiger partial charge in [-0.1, -0.05) is 74.9 Å². The molecule has 1 saturated heterocycles. The van der Waals surface area contributed by atoms with Crippen LogP contribution in [0.25, 0.3) is 0 Å². The lowest BCUT2D eigenvalue weighted by molar-refractivity contribution is -0.0532. The Hall–Kier alpha value is -1.64. The summed E-state index contributed by atoms with van der Waals surface area (Å²) in [7, 11) is 0. The Balaban J connectivity index is 1.58. The largest absolute Gasteiger partial charge is 0.393 e. The summed E-state index contributed by atoms with van der Waals surface area (Å²) in [5.41, 5.74) is 4.58. The van der Waals surface area contributed by atoms with E-state index >= 15 is 0 Å². The van der Waals surface area contributed by atoms with Crippen molar-refractivity contribution < 1.29 is 5.11 Å². The summed E-state index contributed by atoms with van der Waals surface area (Å²) in [5.74, 6) is 1.45. The van der Waals surface area contributed by atoms with Gasteiger partial charge < -0.3 is 5.11 Å². The lowest BCUT2D eigenvalue weighted by atomic mass is 9.70. The van der Waals surface area contributed by atoms with Crippen LogP contribution >= 0.6 is 0 Å². The molecule has 29 heavy (non-hydrogen) atoms. The van der Waals surface area contributed by atoms with Gasteiger partial charge in [0.05, 0.1) is 6.10 Å². The number of nitrogens with zero attached hydrogens (tertiary/aromatic N) is 1. The summed E-state index contributed by atoms with van der Waals surface area (Å²) in [5, 5.41) is 11.0. The zero-order valence-corrected chi connectivity index (χ0v) is 18.3. The van der Waals surface area contributed by atoms with Gasteiger partial charge in [-0.15, -0.1) is 0 Å². The average Bonchev–Trinajstić information content (AvgIpc) is 3.15. The molecule has 2 aliphatic carbocycles. The fourth-order valence-corrected chi connectivity index (χ4v) is 7.11. The van der Waals surface area contributed by atoms with Gasteiger partial charge in [-0.3, -0.25) is 4.90 Å². The molecule has 2 aromatic rings. The molecule has 0 aromatic heterocycles. The number of aliphatic hydroxyl groups is 1. The maximum absolute atomic E-state index is 11.0. The Bertz CT molecular complexity index is 890. The van der Waals surface area contributed by atoms with Gasteiger partial charge in [-0.25, -0.2) is 0 Å². The maximum atomic E-state index is 11.0. The van der Waals surface area contributed by atoms with E-state index in [1.165, 1.54) is 23.1 Å². The second kappa shape index (κ2) is 6.68. The molecule has 0 unspecified atom stereocenters. The minimum absolute atomic E-state index is 0.0253. The molecular formula is C27H35NO. The van der Waals surface area contributed by atoms with Gasteiger partial charge in [0.1, 0.15) is 0 Å². The van der Waals surface area contributed by atoms with Gasteiger partial charge in [0, 0.05) is 35.4 Å². The highest BCUT2D eigenvalue weighted by Gasteiger charge is 2.62. The van der Waals surface area contributed by atoms with Gasteiger partial charge in [0.15, 0.2) is 0 Å². The highest BCUT2D eigenvalue weighted by molar-refractivity contribution is 5.52. The Morgan fingerprint density at radius 2 is 1.69 bits per heavy atom. The minimum Gasteiger partial charge on any atom is -0.393 e. The topological polar surface area (TPSA) is 23.5 Å². The first-order chi connectivity index (χ1) is 13.8. The first-order valence-corrected chi connectivity index (χ1v) is 11.4. The van der Waals surface area contributed by atoms with E-state index in [2.05, 4.69) is 87.2 Å². The molecule has 154 valence electrons. The van der Waals surface area contributed by atoms with Gasteiger partial charge in [-0.05, 0) is 49.3 Å². The first kappa shape index (κ1) is 19.3. The standard InChI is InChI=1S/C27H35NO/c1-18-14-15-22(23(29)16-18)26(2,3)28-17-27(4)21-13-9-8-12-20(21)25(28)24(27)19-10-6-5-7-11-19/h5-13,18,22-25,29H,14-17H2,1-4H3/t18-,22-,23-,24-,25-,27+/m1/s1. The van der Waals surface area contributed by atoms with Gasteiger partial charge >= 0.3 is 0 Å². The van der Waals surface area contributed by atoms with Crippen LogP contribution in [-0.4, -0.2) is 28.2 Å². The van der Waals surface area contributed by atoms with E-state index in [9.17, 15) is 5.11 Å². The van der Waals surface area contributed by atoms with Crippen LogP contribution in [0.15, 0.2) is 54.6 Å². The Morgan fingerprint density at radius 3 is 2.41 bits per heavy atom. The summed E-state index contributed by atoms with van der Waals surface area (Å²) in [6.07, 6.45) is 3.13. The molecule has 3 aliphatic rings. The Morgan fingerprint density at radius 1 is 1.00 bits per heavy atom. The van der Waals surface area contributed by atoms with Crippen LogP contribution in [0.2, 0.25) is 0 Å². The van der Waals surface area contributed by atoms with Crippen molar-refractivity contribution in [1.29, 1.82) is 0 Å². The van der Waals surface area contributed by atoms with Crippen LogP contribution in [0, 0.1) is 11.8 Å². The molecule has 0 spiro atoms. The predicted molar refractivity (Wildman–Crippen MR) is 119 cm³/mol. The van der Waals surface area contributed by atoms with Crippen LogP contribution in [0.4, 0.5) is 0 Å². The molecule has 6 atom stereocenters. The van der Waals surface area contributed by atoms with Crippen LogP contribution in [0.1, 0.15) is 75.6 Å². The highest BCUT2D eigenvalue weighted by atomic mass is 16.3. The van der Waals surface area contributed by atoms with E-state index < -0.39 is 0 Å². The molecule has 2 nitrogen and oxygen atoms in total. The number of hydrogen-bond donors (Lipinski definition) is 1. The number of likely N-dealkylation sites (tertiary alicyclic amines) is 1. The van der Waals surface area contributed by atoms with Crippen molar-refractivity contribution in [2.24, 2.45) is 11.8 Å². The quantitative estimate of drug-likeness (QED) is 0.731. The Kier molecular flexibility index (Phi) is 4.46. The second-order valence-electron chi connectivity index (χ2n) is 10.7. The normalized spacial score (nSPS) is 36.9. The molecule has 1 N–H and O–H groups in total. The number of aliphatic hydroxyl groups excluding tert-OH is 1. The molecule has 2 bridgehead atoms. The third-order valence-corrected chi connectivity index (χ3v) is 8.62. The Labute approximate surface area is 175 Å². The first-order valence-electron chi connectivity index (χ1n) is 11.4. The van der Waals surface area contributed by atoms with Crippen LogP contribution in [0.3, 0.4) is 0 Å². The molecule has 2 heteroatoms. The summed E-state index contributed by atoms with van der Waals surface area (Å²) < 4.78 is 0. The molecule has 5 rings (SSSR count). The highest BCUT2D eigenvalue weighted by Crippen LogP contribution is 2.64. The molecular weight excluding hydrogens is 354 g/mol. The smallest absolute Gasteiger partial charge is 0.0588 e. The monoisotopic (exact) mass is 389 g/mol. The minimum atomic E-state index is -0.189. The third kappa shape index (κ3) is 2.75. The van der Waals surface area contributed by atoms with E-state index in [4.69, 9.17) is 0 Å². The summed E-state index contributed by atoms with van der Waals surface area (Å²) in [4.78, 5) is 2.76. The SMILES string of the molecule is C[C@@H]1CC[C@@H](C(C)(C)N2C[C@@]3(C)c4ccccc4[C@@H]2[C@H]3c2ccccc2)[C@H](O)C1. The fraction of sp³-hybridized carbons (Fsp3) is 0.556. The van der Waals surface area contributed by atoms with Crippen LogP contribution in [-0.2, 0) is 5.41 Å². The molecule has 1 saturated carbocycles.